The van der Waals surface area contributed by atoms with Gasteiger partial charge in [0, 0.05) is 33.5 Å². The number of amides is 1. The Bertz CT molecular complexity index is 1340. The van der Waals surface area contributed by atoms with Crippen LogP contribution in [0.3, 0.4) is 0 Å². The molecule has 0 saturated carbocycles. The fourth-order valence-electron chi connectivity index (χ4n) is 3.45. The monoisotopic (exact) mass is 433 g/mol. The summed E-state index contributed by atoms with van der Waals surface area (Å²) in [5.74, 6) is -0.960. The largest absolute Gasteiger partial charge is 0.322 e. The Balaban J connectivity index is 1.59. The molecule has 0 aliphatic heterocycles. The predicted octanol–water partition coefficient (Wildman–Crippen LogP) is 3.90. The molecule has 3 aromatic rings. The highest BCUT2D eigenvalue weighted by Crippen LogP contribution is 2.29. The Morgan fingerprint density at radius 3 is 1.90 bits per heavy atom. The molecule has 1 aliphatic rings. The zero-order chi connectivity index (χ0) is 22.3. The average Bonchev–Trinajstić information content (AvgIpc) is 2.77. The van der Waals surface area contributed by atoms with Crippen molar-refractivity contribution in [1.29, 1.82) is 0 Å². The van der Waals surface area contributed by atoms with E-state index in [0.29, 0.717) is 22.4 Å². The molecule has 0 spiro atoms. The Hall–Kier alpha value is -3.58. The average molecular weight is 433 g/mol. The number of anilines is 1. The minimum atomic E-state index is -3.43. The van der Waals surface area contributed by atoms with Gasteiger partial charge in [-0.25, -0.2) is 8.42 Å². The third-order valence-corrected chi connectivity index (χ3v) is 7.42. The van der Waals surface area contributed by atoms with Gasteiger partial charge < -0.3 is 5.32 Å². The Labute approximate surface area is 179 Å². The van der Waals surface area contributed by atoms with Crippen LogP contribution in [0.2, 0.25) is 0 Å². The van der Waals surface area contributed by atoms with Gasteiger partial charge in [0.15, 0.2) is 21.4 Å². The molecule has 1 aliphatic carbocycles. The van der Waals surface area contributed by atoms with E-state index in [1.54, 1.807) is 44.2 Å². The van der Waals surface area contributed by atoms with E-state index >= 15 is 0 Å². The van der Waals surface area contributed by atoms with Gasteiger partial charge in [-0.05, 0) is 56.3 Å². The number of hydrogen-bond donors (Lipinski definition) is 1. The molecule has 31 heavy (non-hydrogen) atoms. The first-order valence-corrected chi connectivity index (χ1v) is 11.2. The van der Waals surface area contributed by atoms with E-state index in [2.05, 4.69) is 5.32 Å². The number of rotatable bonds is 4. The SMILES string of the molecule is CC(C)S(=O)(=O)c1ccc(C(=O)Nc2ccc3c(c2)C(=O)c2ccccc2C3=O)cc1. The van der Waals surface area contributed by atoms with Gasteiger partial charge >= 0.3 is 0 Å². The first-order chi connectivity index (χ1) is 14.7. The number of carbonyl (C=O) groups is 3. The van der Waals surface area contributed by atoms with Crippen LogP contribution in [0.1, 0.15) is 56.0 Å². The summed E-state index contributed by atoms with van der Waals surface area (Å²) >= 11 is 0. The second-order valence-corrected chi connectivity index (χ2v) is 10.0. The Morgan fingerprint density at radius 1 is 0.774 bits per heavy atom. The van der Waals surface area contributed by atoms with Crippen molar-refractivity contribution in [2.75, 3.05) is 5.32 Å². The van der Waals surface area contributed by atoms with Gasteiger partial charge in [-0.15, -0.1) is 0 Å². The van der Waals surface area contributed by atoms with Crippen LogP contribution in [0.25, 0.3) is 0 Å². The number of nitrogens with one attached hydrogen (secondary N) is 1. The minimum Gasteiger partial charge on any atom is -0.322 e. The number of benzene rings is 3. The summed E-state index contributed by atoms with van der Waals surface area (Å²) < 4.78 is 24.5. The molecule has 4 rings (SSSR count). The molecular formula is C24H19NO5S. The molecule has 3 aromatic carbocycles. The lowest BCUT2D eigenvalue weighted by molar-refractivity contribution is 0.0979. The lowest BCUT2D eigenvalue weighted by atomic mass is 9.84. The van der Waals surface area contributed by atoms with Gasteiger partial charge in [-0.1, -0.05) is 24.3 Å². The van der Waals surface area contributed by atoms with E-state index in [1.807, 2.05) is 0 Å². The van der Waals surface area contributed by atoms with Gasteiger partial charge in [0.25, 0.3) is 5.91 Å². The summed E-state index contributed by atoms with van der Waals surface area (Å²) in [6.45, 7) is 3.19. The minimum absolute atomic E-state index is 0.149. The van der Waals surface area contributed by atoms with Crippen molar-refractivity contribution >= 4 is 33.0 Å². The fraction of sp³-hybridized carbons (Fsp3) is 0.125. The van der Waals surface area contributed by atoms with Crippen LogP contribution in [0.5, 0.6) is 0 Å². The highest BCUT2D eigenvalue weighted by atomic mass is 32.2. The number of hydrogen-bond acceptors (Lipinski definition) is 5. The smallest absolute Gasteiger partial charge is 0.255 e. The molecule has 7 heteroatoms. The number of fused-ring (bicyclic) bond motifs is 2. The number of sulfone groups is 1. The molecule has 0 aromatic heterocycles. The maximum Gasteiger partial charge on any atom is 0.255 e. The van der Waals surface area contributed by atoms with Crippen LogP contribution in [-0.2, 0) is 9.84 Å². The van der Waals surface area contributed by atoms with Crippen molar-refractivity contribution in [3.63, 3.8) is 0 Å². The van der Waals surface area contributed by atoms with E-state index in [0.717, 1.165) is 0 Å². The summed E-state index contributed by atoms with van der Waals surface area (Å²) in [5, 5.41) is 2.13. The molecular weight excluding hydrogens is 414 g/mol. The molecule has 0 fully saturated rings. The molecule has 0 heterocycles. The maximum atomic E-state index is 12.8. The van der Waals surface area contributed by atoms with Crippen LogP contribution < -0.4 is 5.32 Å². The first kappa shape index (κ1) is 20.7. The van der Waals surface area contributed by atoms with Crippen LogP contribution in [0.4, 0.5) is 5.69 Å². The first-order valence-electron chi connectivity index (χ1n) is 9.68. The molecule has 0 bridgehead atoms. The molecule has 0 radical (unpaired) electrons. The van der Waals surface area contributed by atoms with E-state index in [1.165, 1.54) is 36.4 Å². The van der Waals surface area contributed by atoms with Crippen molar-refractivity contribution in [1.82, 2.24) is 0 Å². The molecule has 1 amide bonds. The van der Waals surface area contributed by atoms with E-state index < -0.39 is 21.0 Å². The molecule has 156 valence electrons. The van der Waals surface area contributed by atoms with Crippen molar-refractivity contribution in [3.8, 4) is 0 Å². The van der Waals surface area contributed by atoms with Crippen LogP contribution in [0, 0.1) is 0 Å². The summed E-state index contributed by atoms with van der Waals surface area (Å²) in [4.78, 5) is 38.3. The van der Waals surface area contributed by atoms with Gasteiger partial charge in [-0.3, -0.25) is 14.4 Å². The summed E-state index contributed by atoms with van der Waals surface area (Å²) in [7, 11) is -3.43. The maximum absolute atomic E-state index is 12.8. The van der Waals surface area contributed by atoms with Crippen molar-refractivity contribution in [2.24, 2.45) is 0 Å². The third-order valence-electron chi connectivity index (χ3n) is 5.25. The second kappa shape index (κ2) is 7.59. The van der Waals surface area contributed by atoms with Gasteiger partial charge in [0.2, 0.25) is 0 Å². The normalized spacial score (nSPS) is 13.0. The van der Waals surface area contributed by atoms with Crippen LogP contribution in [0.15, 0.2) is 71.6 Å². The topological polar surface area (TPSA) is 97.4 Å². The quantitative estimate of drug-likeness (QED) is 0.526. The second-order valence-electron chi connectivity index (χ2n) is 7.54. The van der Waals surface area contributed by atoms with Crippen molar-refractivity contribution < 1.29 is 22.8 Å². The van der Waals surface area contributed by atoms with Gasteiger partial charge in [-0.2, -0.15) is 0 Å². The van der Waals surface area contributed by atoms with Crippen LogP contribution >= 0.6 is 0 Å². The lowest BCUT2D eigenvalue weighted by Gasteiger charge is -2.18. The molecule has 1 N–H and O–H groups in total. The van der Waals surface area contributed by atoms with Crippen molar-refractivity contribution in [2.45, 2.75) is 24.0 Å². The summed E-state index contributed by atoms with van der Waals surface area (Å²) in [6, 6.07) is 16.9. The van der Waals surface area contributed by atoms with Gasteiger partial charge in [0.05, 0.1) is 10.1 Å². The lowest BCUT2D eigenvalue weighted by Crippen LogP contribution is -2.21. The molecule has 0 saturated heterocycles. The van der Waals surface area contributed by atoms with Crippen molar-refractivity contribution in [3.05, 3.63) is 94.5 Å². The molecule has 6 nitrogen and oxygen atoms in total. The molecule has 0 unspecified atom stereocenters. The highest BCUT2D eigenvalue weighted by Gasteiger charge is 2.29. The Kier molecular flexibility index (Phi) is 5.07. The molecule has 0 atom stereocenters. The van der Waals surface area contributed by atoms with E-state index in [9.17, 15) is 22.8 Å². The Morgan fingerprint density at radius 2 is 1.32 bits per heavy atom. The van der Waals surface area contributed by atoms with E-state index in [4.69, 9.17) is 0 Å². The number of ketones is 2. The predicted molar refractivity (Wildman–Crippen MR) is 116 cm³/mol. The highest BCUT2D eigenvalue weighted by molar-refractivity contribution is 7.92. The fourth-order valence-corrected chi connectivity index (χ4v) is 4.51. The zero-order valence-electron chi connectivity index (χ0n) is 16.9. The number of carbonyl (C=O) groups excluding carboxylic acids is 3. The van der Waals surface area contributed by atoms with Crippen LogP contribution in [-0.4, -0.2) is 31.1 Å². The summed E-state index contributed by atoms with van der Waals surface area (Å²) in [5.41, 5.74) is 1.87. The van der Waals surface area contributed by atoms with Gasteiger partial charge in [0.1, 0.15) is 0 Å². The summed E-state index contributed by atoms with van der Waals surface area (Å²) in [6.07, 6.45) is 0. The third kappa shape index (κ3) is 3.57. The van der Waals surface area contributed by atoms with E-state index in [-0.39, 0.29) is 27.6 Å². The standard InChI is InChI=1S/C24H19NO5S/c1-14(2)31(29,30)17-10-7-15(8-11-17)24(28)25-16-9-12-20-21(13-16)23(27)19-6-4-3-5-18(19)22(20)26/h3-14H,1-2H3,(H,25,28). The zero-order valence-corrected chi connectivity index (χ0v) is 17.7.